The van der Waals surface area contributed by atoms with E-state index in [0.29, 0.717) is 29.2 Å². The van der Waals surface area contributed by atoms with Crippen molar-refractivity contribution in [2.75, 3.05) is 44.6 Å². The van der Waals surface area contributed by atoms with E-state index >= 15 is 0 Å². The van der Waals surface area contributed by atoms with Crippen LogP contribution in [0.4, 0.5) is 5.00 Å². The molecule has 2 aliphatic heterocycles. The number of likely N-dealkylation sites (tertiary alicyclic amines) is 1. The third kappa shape index (κ3) is 6.73. The minimum absolute atomic E-state index is 0.0137. The van der Waals surface area contributed by atoms with Gasteiger partial charge in [0.05, 0.1) is 10.5 Å². The molecule has 1 N–H and O–H groups in total. The van der Waals surface area contributed by atoms with Gasteiger partial charge >= 0.3 is 0 Å². The van der Waals surface area contributed by atoms with E-state index in [1.807, 2.05) is 18.7 Å². The van der Waals surface area contributed by atoms with Crippen molar-refractivity contribution in [2.45, 2.75) is 77.2 Å². The first-order valence-electron chi connectivity index (χ1n) is 14.4. The Balaban J connectivity index is 1.58. The summed E-state index contributed by atoms with van der Waals surface area (Å²) in [6, 6.07) is 6.12. The van der Waals surface area contributed by atoms with Gasteiger partial charge < -0.3 is 10.2 Å². The summed E-state index contributed by atoms with van der Waals surface area (Å²) in [6.45, 7) is 11.2. The molecule has 0 radical (unpaired) electrons. The number of hydrogen-bond donors (Lipinski definition) is 1. The molecule has 0 spiro atoms. The van der Waals surface area contributed by atoms with Gasteiger partial charge in [-0.15, -0.1) is 11.3 Å². The molecule has 214 valence electrons. The highest BCUT2D eigenvalue weighted by atomic mass is 32.2. The van der Waals surface area contributed by atoms with Crippen LogP contribution in [0.5, 0.6) is 0 Å². The monoisotopic (exact) mass is 574 g/mol. The quantitative estimate of drug-likeness (QED) is 0.398. The molecule has 1 aromatic heterocycles. The van der Waals surface area contributed by atoms with Gasteiger partial charge in [0.15, 0.2) is 0 Å². The summed E-state index contributed by atoms with van der Waals surface area (Å²) in [6.07, 6.45) is 6.50. The lowest BCUT2D eigenvalue weighted by atomic mass is 10.0. The largest absolute Gasteiger partial charge is 0.339 e. The molecule has 2 aliphatic rings. The zero-order valence-electron chi connectivity index (χ0n) is 23.5. The molecule has 1 saturated heterocycles. The van der Waals surface area contributed by atoms with Gasteiger partial charge in [-0.1, -0.05) is 20.8 Å². The van der Waals surface area contributed by atoms with Crippen LogP contribution < -0.4 is 5.32 Å². The van der Waals surface area contributed by atoms with E-state index in [1.54, 1.807) is 12.1 Å². The maximum Gasteiger partial charge on any atom is 0.257 e. The summed E-state index contributed by atoms with van der Waals surface area (Å²) in [5.74, 6) is -0.325. The van der Waals surface area contributed by atoms with Gasteiger partial charge in [0, 0.05) is 49.7 Å². The fourth-order valence-electron chi connectivity index (χ4n) is 5.49. The number of benzene rings is 1. The van der Waals surface area contributed by atoms with E-state index < -0.39 is 10.0 Å². The van der Waals surface area contributed by atoms with Crippen LogP contribution in [-0.2, 0) is 23.0 Å². The zero-order valence-corrected chi connectivity index (χ0v) is 25.1. The third-order valence-corrected chi connectivity index (χ3v) is 10.5. The number of hydrogen-bond acceptors (Lipinski definition) is 6. The molecule has 1 aromatic carbocycles. The Kier molecular flexibility index (Phi) is 10.2. The number of nitrogens with one attached hydrogen (secondary N) is 1. The summed E-state index contributed by atoms with van der Waals surface area (Å²) >= 11 is 1.51. The van der Waals surface area contributed by atoms with Crippen molar-refractivity contribution in [1.29, 1.82) is 0 Å². The fraction of sp³-hybridized carbons (Fsp3) is 0.586. The first-order valence-corrected chi connectivity index (χ1v) is 16.6. The highest BCUT2D eigenvalue weighted by Gasteiger charge is 2.31. The highest BCUT2D eigenvalue weighted by molar-refractivity contribution is 7.89. The number of thiophene rings is 1. The lowest BCUT2D eigenvalue weighted by Crippen LogP contribution is -2.37. The Hall–Kier alpha value is -2.27. The molecule has 2 aromatic rings. The topological polar surface area (TPSA) is 90.0 Å². The molecule has 1 fully saturated rings. The van der Waals surface area contributed by atoms with E-state index in [4.69, 9.17) is 0 Å². The molecule has 10 heteroatoms. The molecule has 0 atom stereocenters. The van der Waals surface area contributed by atoms with Crippen LogP contribution in [0.2, 0.25) is 0 Å². The van der Waals surface area contributed by atoms with Gasteiger partial charge in [0.2, 0.25) is 10.0 Å². The van der Waals surface area contributed by atoms with Crippen molar-refractivity contribution in [3.05, 3.63) is 45.8 Å². The number of sulfonamides is 1. The molecule has 0 unspecified atom stereocenters. The molecule has 39 heavy (non-hydrogen) atoms. The number of nitrogens with zero attached hydrogens (tertiary/aromatic N) is 3. The van der Waals surface area contributed by atoms with Crippen molar-refractivity contribution in [2.24, 2.45) is 0 Å². The number of fused-ring (bicyclic) bond motifs is 1. The molecule has 0 saturated carbocycles. The number of carbonyl (C=O) groups is 2. The van der Waals surface area contributed by atoms with E-state index in [9.17, 15) is 18.0 Å². The second kappa shape index (κ2) is 13.4. The van der Waals surface area contributed by atoms with Gasteiger partial charge in [-0.3, -0.25) is 14.5 Å². The number of rotatable bonds is 11. The SMILES string of the molecule is CCCN1CCc2c(sc(NC(=O)c3ccc(S(=O)(=O)N(CCC)CCC)cc3)c2C(=O)N2CCCCC2)C1. The second-order valence-electron chi connectivity index (χ2n) is 10.5. The number of amides is 2. The first-order chi connectivity index (χ1) is 18.8. The average Bonchev–Trinajstić information content (AvgIpc) is 3.30. The van der Waals surface area contributed by atoms with Crippen LogP contribution >= 0.6 is 11.3 Å². The van der Waals surface area contributed by atoms with Crippen LogP contribution in [0, 0.1) is 0 Å². The van der Waals surface area contributed by atoms with Crippen LogP contribution in [0.3, 0.4) is 0 Å². The summed E-state index contributed by atoms with van der Waals surface area (Å²) in [7, 11) is -3.62. The van der Waals surface area contributed by atoms with Crippen LogP contribution in [-0.4, -0.2) is 73.6 Å². The maximum absolute atomic E-state index is 13.7. The lowest BCUT2D eigenvalue weighted by Gasteiger charge is -2.29. The smallest absolute Gasteiger partial charge is 0.257 e. The maximum atomic E-state index is 13.7. The minimum Gasteiger partial charge on any atom is -0.339 e. The van der Waals surface area contributed by atoms with Gasteiger partial charge in [0.1, 0.15) is 5.00 Å². The van der Waals surface area contributed by atoms with Crippen molar-refractivity contribution in [3.63, 3.8) is 0 Å². The molecule has 0 aliphatic carbocycles. The second-order valence-corrected chi connectivity index (χ2v) is 13.5. The Morgan fingerprint density at radius 2 is 1.62 bits per heavy atom. The first kappa shape index (κ1) is 29.7. The standard InChI is InChI=1S/C29H42N4O4S2/c1-4-15-31-20-14-24-25(21-31)38-28(26(24)29(35)32-18-8-7-9-19-32)30-27(34)22-10-12-23(13-11-22)39(36,37)33(16-5-2)17-6-3/h10-13H,4-9,14-21H2,1-3H3,(H,30,34). The van der Waals surface area contributed by atoms with E-state index in [1.165, 1.54) is 27.8 Å². The molecule has 8 nitrogen and oxygen atoms in total. The van der Waals surface area contributed by atoms with E-state index in [2.05, 4.69) is 17.1 Å². The van der Waals surface area contributed by atoms with Gasteiger partial charge in [-0.2, -0.15) is 4.31 Å². The van der Waals surface area contributed by atoms with Crippen molar-refractivity contribution in [1.82, 2.24) is 14.1 Å². The number of carbonyl (C=O) groups excluding carboxylic acids is 2. The molecular formula is C29H42N4O4S2. The summed E-state index contributed by atoms with van der Waals surface area (Å²) in [5.41, 5.74) is 2.09. The Morgan fingerprint density at radius 3 is 2.23 bits per heavy atom. The van der Waals surface area contributed by atoms with Crippen LogP contribution in [0.15, 0.2) is 29.2 Å². The normalized spacial score (nSPS) is 16.4. The van der Waals surface area contributed by atoms with Gasteiger partial charge in [-0.25, -0.2) is 8.42 Å². The van der Waals surface area contributed by atoms with Gasteiger partial charge in [0.25, 0.3) is 11.8 Å². The van der Waals surface area contributed by atoms with Crippen molar-refractivity contribution in [3.8, 4) is 0 Å². The third-order valence-electron chi connectivity index (χ3n) is 7.46. The molecule has 0 bridgehead atoms. The molecule has 2 amide bonds. The lowest BCUT2D eigenvalue weighted by molar-refractivity contribution is 0.0724. The molecule has 3 heterocycles. The van der Waals surface area contributed by atoms with Crippen molar-refractivity contribution >= 4 is 38.2 Å². The van der Waals surface area contributed by atoms with Crippen molar-refractivity contribution < 1.29 is 18.0 Å². The Bertz CT molecular complexity index is 1240. The predicted molar refractivity (Wildman–Crippen MR) is 157 cm³/mol. The predicted octanol–water partition coefficient (Wildman–Crippen LogP) is 5.21. The average molecular weight is 575 g/mol. The number of anilines is 1. The van der Waals surface area contributed by atoms with Crippen LogP contribution in [0.1, 0.15) is 90.5 Å². The number of piperidine rings is 1. The molecule has 4 rings (SSSR count). The minimum atomic E-state index is -3.62. The Labute approximate surface area is 237 Å². The Morgan fingerprint density at radius 1 is 0.949 bits per heavy atom. The van der Waals surface area contributed by atoms with E-state index in [0.717, 1.165) is 88.1 Å². The summed E-state index contributed by atoms with van der Waals surface area (Å²) in [4.78, 5) is 32.7. The van der Waals surface area contributed by atoms with Crippen LogP contribution in [0.25, 0.3) is 0 Å². The zero-order chi connectivity index (χ0) is 28.0. The fourth-order valence-corrected chi connectivity index (χ4v) is 8.39. The molecular weight excluding hydrogens is 532 g/mol. The summed E-state index contributed by atoms with van der Waals surface area (Å²) < 4.78 is 27.7. The summed E-state index contributed by atoms with van der Waals surface area (Å²) in [5, 5.41) is 3.63. The van der Waals surface area contributed by atoms with E-state index in [-0.39, 0.29) is 16.7 Å². The highest BCUT2D eigenvalue weighted by Crippen LogP contribution is 2.38. The van der Waals surface area contributed by atoms with Gasteiger partial charge in [-0.05, 0) is 81.3 Å².